The lowest BCUT2D eigenvalue weighted by Gasteiger charge is -2.25. The highest BCUT2D eigenvalue weighted by Gasteiger charge is 2.30. The zero-order valence-corrected chi connectivity index (χ0v) is 13.7. The van der Waals surface area contributed by atoms with Crippen molar-refractivity contribution in [3.63, 3.8) is 0 Å². The van der Waals surface area contributed by atoms with Gasteiger partial charge in [-0.1, -0.05) is 11.6 Å². The molecular weight excluding hydrogens is 328 g/mol. The third-order valence-electron chi connectivity index (χ3n) is 3.07. The Hall–Kier alpha value is -2.12. The molecule has 0 spiro atoms. The SMILES string of the molecule is COc1cc(/C=C2\C(=O)NC(=S)N(C)C2=O)cc(Cl)c1OC. The van der Waals surface area contributed by atoms with Crippen LogP contribution in [0.5, 0.6) is 11.5 Å². The molecule has 1 N–H and O–H groups in total. The lowest BCUT2D eigenvalue weighted by Crippen LogP contribution is -2.52. The number of thiocarbonyl (C=S) groups is 1. The summed E-state index contributed by atoms with van der Waals surface area (Å²) in [5.74, 6) is -0.267. The van der Waals surface area contributed by atoms with Crippen LogP contribution in [0.4, 0.5) is 0 Å². The van der Waals surface area contributed by atoms with Crippen LogP contribution in [0, 0.1) is 0 Å². The number of methoxy groups -OCH3 is 2. The molecule has 1 heterocycles. The number of likely N-dealkylation sites (N-methyl/N-ethyl adjacent to an activating group) is 1. The van der Waals surface area contributed by atoms with E-state index in [0.717, 1.165) is 0 Å². The van der Waals surface area contributed by atoms with Crippen LogP contribution in [-0.4, -0.2) is 43.1 Å². The van der Waals surface area contributed by atoms with Crippen LogP contribution in [-0.2, 0) is 9.59 Å². The van der Waals surface area contributed by atoms with E-state index in [4.69, 9.17) is 33.3 Å². The largest absolute Gasteiger partial charge is 0.493 e. The molecular formula is C14H13ClN2O4S. The van der Waals surface area contributed by atoms with Gasteiger partial charge in [-0.3, -0.25) is 19.8 Å². The molecule has 8 heteroatoms. The van der Waals surface area contributed by atoms with E-state index in [1.165, 1.54) is 32.2 Å². The first kappa shape index (κ1) is 16.3. The van der Waals surface area contributed by atoms with Gasteiger partial charge < -0.3 is 9.47 Å². The van der Waals surface area contributed by atoms with Crippen molar-refractivity contribution < 1.29 is 19.1 Å². The second-order valence-corrected chi connectivity index (χ2v) is 5.21. The first-order chi connectivity index (χ1) is 10.4. The molecule has 0 atom stereocenters. The van der Waals surface area contributed by atoms with Crippen molar-refractivity contribution in [3.05, 3.63) is 28.3 Å². The highest BCUT2D eigenvalue weighted by Crippen LogP contribution is 2.36. The summed E-state index contributed by atoms with van der Waals surface area (Å²) in [4.78, 5) is 25.2. The van der Waals surface area contributed by atoms with Crippen molar-refractivity contribution in [2.45, 2.75) is 0 Å². The predicted octanol–water partition coefficient (Wildman–Crippen LogP) is 1.61. The fourth-order valence-corrected chi connectivity index (χ4v) is 2.41. The van der Waals surface area contributed by atoms with Crippen LogP contribution < -0.4 is 14.8 Å². The summed E-state index contributed by atoms with van der Waals surface area (Å²) in [6, 6.07) is 3.19. The summed E-state index contributed by atoms with van der Waals surface area (Å²) in [5, 5.41) is 2.81. The summed E-state index contributed by atoms with van der Waals surface area (Å²) in [7, 11) is 4.42. The minimum Gasteiger partial charge on any atom is -0.493 e. The highest BCUT2D eigenvalue weighted by atomic mass is 35.5. The van der Waals surface area contributed by atoms with E-state index in [0.29, 0.717) is 22.1 Å². The molecule has 2 amide bonds. The normalized spacial score (nSPS) is 16.8. The average molecular weight is 341 g/mol. The summed E-state index contributed by atoms with van der Waals surface area (Å²) >= 11 is 11.0. The molecule has 0 bridgehead atoms. The summed E-state index contributed by atoms with van der Waals surface area (Å²) in [6.45, 7) is 0. The molecule has 1 aromatic rings. The van der Waals surface area contributed by atoms with E-state index in [1.54, 1.807) is 12.1 Å². The molecule has 0 radical (unpaired) electrons. The first-order valence-corrected chi connectivity index (χ1v) is 6.94. The minimum absolute atomic E-state index is 0.0422. The molecule has 116 valence electrons. The van der Waals surface area contributed by atoms with Crippen molar-refractivity contribution in [2.24, 2.45) is 0 Å². The Labute approximate surface area is 137 Å². The van der Waals surface area contributed by atoms with E-state index >= 15 is 0 Å². The van der Waals surface area contributed by atoms with Gasteiger partial charge in [0.15, 0.2) is 16.6 Å². The maximum absolute atomic E-state index is 12.1. The fraction of sp³-hybridized carbons (Fsp3) is 0.214. The van der Waals surface area contributed by atoms with Gasteiger partial charge >= 0.3 is 0 Å². The third kappa shape index (κ3) is 2.90. The van der Waals surface area contributed by atoms with Gasteiger partial charge in [0, 0.05) is 7.05 Å². The van der Waals surface area contributed by atoms with Crippen LogP contribution in [0.15, 0.2) is 17.7 Å². The van der Waals surface area contributed by atoms with Crippen LogP contribution >= 0.6 is 23.8 Å². The second-order valence-electron chi connectivity index (χ2n) is 4.42. The van der Waals surface area contributed by atoms with Gasteiger partial charge in [-0.15, -0.1) is 0 Å². The number of carbonyl (C=O) groups is 2. The smallest absolute Gasteiger partial charge is 0.265 e. The van der Waals surface area contributed by atoms with Gasteiger partial charge in [0.05, 0.1) is 19.2 Å². The number of nitrogens with zero attached hydrogens (tertiary/aromatic N) is 1. The van der Waals surface area contributed by atoms with Gasteiger partial charge in [-0.25, -0.2) is 0 Å². The van der Waals surface area contributed by atoms with Gasteiger partial charge in [0.25, 0.3) is 11.8 Å². The Morgan fingerprint density at radius 2 is 1.95 bits per heavy atom. The maximum atomic E-state index is 12.1. The number of hydrogen-bond donors (Lipinski definition) is 1. The molecule has 0 unspecified atom stereocenters. The second kappa shape index (κ2) is 6.33. The molecule has 1 aliphatic heterocycles. The Balaban J connectivity index is 2.48. The van der Waals surface area contributed by atoms with E-state index in [2.05, 4.69) is 5.32 Å². The lowest BCUT2D eigenvalue weighted by atomic mass is 10.1. The molecule has 0 aromatic heterocycles. The van der Waals surface area contributed by atoms with E-state index in [1.807, 2.05) is 0 Å². The van der Waals surface area contributed by atoms with Gasteiger partial charge in [0.2, 0.25) is 0 Å². The number of rotatable bonds is 3. The van der Waals surface area contributed by atoms with Crippen molar-refractivity contribution in [2.75, 3.05) is 21.3 Å². The predicted molar refractivity (Wildman–Crippen MR) is 86.0 cm³/mol. The quantitative estimate of drug-likeness (QED) is 0.514. The number of amides is 2. The molecule has 0 aliphatic carbocycles. The highest BCUT2D eigenvalue weighted by molar-refractivity contribution is 7.80. The molecule has 0 saturated carbocycles. The Kier molecular flexibility index (Phi) is 4.68. The van der Waals surface area contributed by atoms with Crippen molar-refractivity contribution in [3.8, 4) is 11.5 Å². The molecule has 2 rings (SSSR count). The lowest BCUT2D eigenvalue weighted by molar-refractivity contribution is -0.128. The first-order valence-electron chi connectivity index (χ1n) is 6.15. The standard InChI is InChI=1S/C14H13ClN2O4S/c1-17-13(19)8(12(18)16-14(17)22)4-7-5-9(15)11(21-3)10(6-7)20-2/h4-6H,1-3H3,(H,16,18,22)/b8-4+. The zero-order valence-electron chi connectivity index (χ0n) is 12.1. The summed E-state index contributed by atoms with van der Waals surface area (Å²) in [5.41, 5.74) is 0.488. The molecule has 1 aromatic carbocycles. The maximum Gasteiger partial charge on any atom is 0.265 e. The van der Waals surface area contributed by atoms with Crippen molar-refractivity contribution in [1.29, 1.82) is 0 Å². The van der Waals surface area contributed by atoms with Crippen molar-refractivity contribution in [1.82, 2.24) is 10.2 Å². The summed E-state index contributed by atoms with van der Waals surface area (Å²) < 4.78 is 10.3. The van der Waals surface area contributed by atoms with Gasteiger partial charge in [-0.05, 0) is 36.0 Å². The zero-order chi connectivity index (χ0) is 16.4. The number of benzene rings is 1. The molecule has 1 aliphatic rings. The topological polar surface area (TPSA) is 67.9 Å². The number of nitrogens with one attached hydrogen (secondary N) is 1. The van der Waals surface area contributed by atoms with Crippen LogP contribution in [0.2, 0.25) is 5.02 Å². The minimum atomic E-state index is -0.556. The monoisotopic (exact) mass is 340 g/mol. The van der Waals surface area contributed by atoms with Crippen molar-refractivity contribution >= 4 is 46.8 Å². The molecule has 6 nitrogen and oxygen atoms in total. The Morgan fingerprint density at radius 3 is 2.55 bits per heavy atom. The molecule has 22 heavy (non-hydrogen) atoms. The average Bonchev–Trinajstić information content (AvgIpc) is 2.48. The summed E-state index contributed by atoms with van der Waals surface area (Å²) in [6.07, 6.45) is 1.42. The van der Waals surface area contributed by atoms with E-state index < -0.39 is 11.8 Å². The Morgan fingerprint density at radius 1 is 1.27 bits per heavy atom. The number of carbonyl (C=O) groups excluding carboxylic acids is 2. The van der Waals surface area contributed by atoms with Crippen LogP contribution in [0.1, 0.15) is 5.56 Å². The van der Waals surface area contributed by atoms with E-state index in [9.17, 15) is 9.59 Å². The number of hydrogen-bond acceptors (Lipinski definition) is 5. The van der Waals surface area contributed by atoms with Crippen LogP contribution in [0.25, 0.3) is 6.08 Å². The fourth-order valence-electron chi connectivity index (χ4n) is 1.93. The van der Waals surface area contributed by atoms with E-state index in [-0.39, 0.29) is 10.7 Å². The third-order valence-corrected chi connectivity index (χ3v) is 3.73. The van der Waals surface area contributed by atoms with Crippen LogP contribution in [0.3, 0.4) is 0 Å². The molecule has 1 saturated heterocycles. The molecule has 1 fully saturated rings. The Bertz CT molecular complexity index is 702. The number of halogens is 1. The van der Waals surface area contributed by atoms with Gasteiger partial charge in [-0.2, -0.15) is 0 Å². The number of ether oxygens (including phenoxy) is 2. The van der Waals surface area contributed by atoms with Gasteiger partial charge in [0.1, 0.15) is 5.57 Å².